The number of thiophene rings is 1. The van der Waals surface area contributed by atoms with E-state index in [1.165, 1.54) is 11.3 Å². The monoisotopic (exact) mass is 300 g/mol. The number of carbonyl (C=O) groups excluding carboxylic acids is 1. The minimum atomic E-state index is -1.17. The second-order valence-electron chi connectivity index (χ2n) is 3.78. The van der Waals surface area contributed by atoms with Crippen LogP contribution in [0.5, 0.6) is 0 Å². The zero-order valence-corrected chi connectivity index (χ0v) is 11.7. The first-order valence-corrected chi connectivity index (χ1v) is 6.62. The standard InChI is InChI=1S/C12H13ClN2O3S/c1-3-4-8(11(16)17)15-12(18)14-7(2)9-5-6-10(13)19-9/h1,5-8H,4H2,2H3,(H,16,17)(H2,14,15,18). The number of hydrogen-bond donors (Lipinski definition) is 3. The van der Waals surface area contributed by atoms with Crippen molar-refractivity contribution in [2.24, 2.45) is 0 Å². The number of hydrogen-bond acceptors (Lipinski definition) is 3. The summed E-state index contributed by atoms with van der Waals surface area (Å²) in [4.78, 5) is 23.4. The molecule has 102 valence electrons. The van der Waals surface area contributed by atoms with Crippen molar-refractivity contribution in [3.8, 4) is 12.3 Å². The predicted octanol–water partition coefficient (Wildman–Crippen LogP) is 2.24. The number of carboxylic acids is 1. The van der Waals surface area contributed by atoms with Gasteiger partial charge >= 0.3 is 12.0 Å². The molecular formula is C12H13ClN2O3S. The van der Waals surface area contributed by atoms with E-state index in [4.69, 9.17) is 23.1 Å². The second kappa shape index (κ2) is 7.02. The molecule has 2 atom stereocenters. The molecule has 7 heteroatoms. The van der Waals surface area contributed by atoms with Crippen molar-refractivity contribution < 1.29 is 14.7 Å². The smallest absolute Gasteiger partial charge is 0.327 e. The Labute approximate surface area is 120 Å². The SMILES string of the molecule is C#CCC(NC(=O)NC(C)c1ccc(Cl)s1)C(=O)O. The third kappa shape index (κ3) is 4.81. The highest BCUT2D eigenvalue weighted by Crippen LogP contribution is 2.26. The average Bonchev–Trinajstić information content (AvgIpc) is 2.75. The van der Waals surface area contributed by atoms with Crippen LogP contribution in [0.4, 0.5) is 4.79 Å². The number of halogens is 1. The van der Waals surface area contributed by atoms with Crippen LogP contribution >= 0.6 is 22.9 Å². The summed E-state index contributed by atoms with van der Waals surface area (Å²) >= 11 is 7.15. The Hall–Kier alpha value is -1.71. The summed E-state index contributed by atoms with van der Waals surface area (Å²) < 4.78 is 0.625. The zero-order chi connectivity index (χ0) is 14.4. The maximum Gasteiger partial charge on any atom is 0.327 e. The minimum absolute atomic E-state index is 0.0675. The first-order chi connectivity index (χ1) is 8.93. The van der Waals surface area contributed by atoms with Gasteiger partial charge in [-0.1, -0.05) is 11.6 Å². The van der Waals surface area contributed by atoms with Crippen LogP contribution in [0.3, 0.4) is 0 Å². The molecule has 0 aromatic carbocycles. The lowest BCUT2D eigenvalue weighted by molar-refractivity contribution is -0.139. The van der Waals surface area contributed by atoms with Crippen molar-refractivity contribution in [3.63, 3.8) is 0 Å². The first-order valence-electron chi connectivity index (χ1n) is 5.42. The Bertz CT molecular complexity index is 509. The number of nitrogens with one attached hydrogen (secondary N) is 2. The quantitative estimate of drug-likeness (QED) is 0.730. The third-order valence-electron chi connectivity index (χ3n) is 2.29. The number of carboxylic acid groups (broad SMARTS) is 1. The molecule has 2 unspecified atom stereocenters. The van der Waals surface area contributed by atoms with E-state index in [9.17, 15) is 9.59 Å². The van der Waals surface area contributed by atoms with Crippen molar-refractivity contribution in [3.05, 3.63) is 21.3 Å². The zero-order valence-electron chi connectivity index (χ0n) is 10.1. The molecule has 0 fully saturated rings. The molecule has 1 aromatic heterocycles. The van der Waals surface area contributed by atoms with Crippen molar-refractivity contribution in [1.82, 2.24) is 10.6 Å². The van der Waals surface area contributed by atoms with Gasteiger partial charge < -0.3 is 15.7 Å². The lowest BCUT2D eigenvalue weighted by atomic mass is 10.2. The fraction of sp³-hybridized carbons (Fsp3) is 0.333. The maximum atomic E-state index is 11.6. The topological polar surface area (TPSA) is 78.4 Å². The molecule has 19 heavy (non-hydrogen) atoms. The molecule has 0 bridgehead atoms. The largest absolute Gasteiger partial charge is 0.480 e. The number of carbonyl (C=O) groups is 2. The predicted molar refractivity (Wildman–Crippen MR) is 74.3 cm³/mol. The second-order valence-corrected chi connectivity index (χ2v) is 5.53. The van der Waals surface area contributed by atoms with Crippen LogP contribution in [0.25, 0.3) is 0 Å². The van der Waals surface area contributed by atoms with E-state index in [1.807, 2.05) is 0 Å². The van der Waals surface area contributed by atoms with Gasteiger partial charge in [0.1, 0.15) is 6.04 Å². The van der Waals surface area contributed by atoms with Gasteiger partial charge in [0.25, 0.3) is 0 Å². The Morgan fingerprint density at radius 3 is 2.68 bits per heavy atom. The molecule has 3 N–H and O–H groups in total. The molecule has 5 nitrogen and oxygen atoms in total. The van der Waals surface area contributed by atoms with Gasteiger partial charge in [-0.25, -0.2) is 9.59 Å². The molecule has 0 saturated carbocycles. The summed E-state index contributed by atoms with van der Waals surface area (Å²) in [6.07, 6.45) is 4.97. The van der Waals surface area contributed by atoms with E-state index in [0.717, 1.165) is 4.88 Å². The summed E-state index contributed by atoms with van der Waals surface area (Å²) in [6, 6.07) is 1.59. The Balaban J connectivity index is 2.55. The van der Waals surface area contributed by atoms with E-state index >= 15 is 0 Å². The number of aliphatic carboxylic acids is 1. The van der Waals surface area contributed by atoms with Crippen LogP contribution in [-0.2, 0) is 4.79 Å². The minimum Gasteiger partial charge on any atom is -0.480 e. The van der Waals surface area contributed by atoms with E-state index in [-0.39, 0.29) is 12.5 Å². The molecule has 1 aromatic rings. The van der Waals surface area contributed by atoms with Crippen molar-refractivity contribution in [1.29, 1.82) is 0 Å². The molecule has 0 aliphatic rings. The van der Waals surface area contributed by atoms with Crippen LogP contribution < -0.4 is 10.6 Å². The maximum absolute atomic E-state index is 11.6. The van der Waals surface area contributed by atoms with E-state index in [1.54, 1.807) is 19.1 Å². The molecule has 2 amide bonds. The lowest BCUT2D eigenvalue weighted by Crippen LogP contribution is -2.46. The van der Waals surface area contributed by atoms with Gasteiger partial charge in [0.15, 0.2) is 0 Å². The molecule has 0 aliphatic heterocycles. The van der Waals surface area contributed by atoms with Crippen LogP contribution in [-0.4, -0.2) is 23.1 Å². The van der Waals surface area contributed by atoms with Gasteiger partial charge in [0.2, 0.25) is 0 Å². The van der Waals surface area contributed by atoms with Gasteiger partial charge in [-0.15, -0.1) is 23.7 Å². The summed E-state index contributed by atoms with van der Waals surface area (Å²) in [6.45, 7) is 1.78. The van der Waals surface area contributed by atoms with Crippen molar-refractivity contribution >= 4 is 34.9 Å². The van der Waals surface area contributed by atoms with Gasteiger partial charge in [0, 0.05) is 11.3 Å². The molecule has 0 aliphatic carbocycles. The molecule has 0 radical (unpaired) electrons. The van der Waals surface area contributed by atoms with Gasteiger partial charge in [-0.05, 0) is 19.1 Å². The summed E-state index contributed by atoms with van der Waals surface area (Å²) in [5.74, 6) is 1.04. The highest BCUT2D eigenvalue weighted by atomic mass is 35.5. The van der Waals surface area contributed by atoms with Crippen LogP contribution in [0.15, 0.2) is 12.1 Å². The molecular weight excluding hydrogens is 288 g/mol. The van der Waals surface area contributed by atoms with Crippen LogP contribution in [0.2, 0.25) is 4.34 Å². The third-order valence-corrected chi connectivity index (χ3v) is 3.71. The summed E-state index contributed by atoms with van der Waals surface area (Å²) in [7, 11) is 0. The lowest BCUT2D eigenvalue weighted by Gasteiger charge is -2.16. The van der Waals surface area contributed by atoms with Gasteiger partial charge in [-0.2, -0.15) is 0 Å². The highest BCUT2D eigenvalue weighted by Gasteiger charge is 2.20. The van der Waals surface area contributed by atoms with Gasteiger partial charge in [0.05, 0.1) is 10.4 Å². The van der Waals surface area contributed by atoms with Crippen molar-refractivity contribution in [2.45, 2.75) is 25.4 Å². The van der Waals surface area contributed by atoms with E-state index < -0.39 is 18.0 Å². The molecule has 0 spiro atoms. The number of rotatable bonds is 5. The Morgan fingerprint density at radius 2 is 2.21 bits per heavy atom. The normalized spacial score (nSPS) is 13.1. The Kier molecular flexibility index (Phi) is 5.67. The van der Waals surface area contributed by atoms with E-state index in [2.05, 4.69) is 16.6 Å². The van der Waals surface area contributed by atoms with Crippen LogP contribution in [0, 0.1) is 12.3 Å². The first kappa shape index (κ1) is 15.3. The van der Waals surface area contributed by atoms with Gasteiger partial charge in [-0.3, -0.25) is 0 Å². The summed E-state index contributed by atoms with van der Waals surface area (Å²) in [5.41, 5.74) is 0. The average molecular weight is 301 g/mol. The van der Waals surface area contributed by atoms with Crippen molar-refractivity contribution in [2.75, 3.05) is 0 Å². The fourth-order valence-electron chi connectivity index (χ4n) is 1.35. The number of amides is 2. The number of terminal acetylenes is 1. The molecule has 1 heterocycles. The van der Waals surface area contributed by atoms with Crippen LogP contribution in [0.1, 0.15) is 24.3 Å². The highest BCUT2D eigenvalue weighted by molar-refractivity contribution is 7.16. The summed E-state index contributed by atoms with van der Waals surface area (Å²) in [5, 5.41) is 13.8. The molecule has 1 rings (SSSR count). The number of urea groups is 1. The van der Waals surface area contributed by atoms with E-state index in [0.29, 0.717) is 4.34 Å². The Morgan fingerprint density at radius 1 is 1.53 bits per heavy atom. The molecule has 0 saturated heterocycles. The fourth-order valence-corrected chi connectivity index (χ4v) is 2.41.